The third kappa shape index (κ3) is 5.26. The Bertz CT molecular complexity index is 846. The fraction of sp³-hybridized carbons (Fsp3) is 0.409. The second-order valence-electron chi connectivity index (χ2n) is 7.11. The number of likely N-dealkylation sites (tertiary alicyclic amines) is 1. The Morgan fingerprint density at radius 3 is 2.76 bits per heavy atom. The van der Waals surface area contributed by atoms with Crippen molar-refractivity contribution in [1.82, 2.24) is 9.88 Å². The largest absolute Gasteiger partial charge is 0.494 e. The zero-order valence-corrected chi connectivity index (χ0v) is 17.2. The van der Waals surface area contributed by atoms with Crippen LogP contribution in [0.5, 0.6) is 5.75 Å². The van der Waals surface area contributed by atoms with Gasteiger partial charge in [-0.2, -0.15) is 0 Å². The van der Waals surface area contributed by atoms with Gasteiger partial charge in [-0.25, -0.2) is 4.98 Å². The molecule has 1 aliphatic rings. The number of carbonyl (C=O) groups is 2. The predicted octanol–water partition coefficient (Wildman–Crippen LogP) is 3.99. The molecule has 2 aromatic rings. The minimum absolute atomic E-state index is 0.161. The van der Waals surface area contributed by atoms with Crippen LogP contribution in [-0.4, -0.2) is 48.1 Å². The number of esters is 1. The number of ether oxygens (including phenoxy) is 2. The summed E-state index contributed by atoms with van der Waals surface area (Å²) in [6.45, 7) is 3.33. The van der Waals surface area contributed by atoms with Crippen molar-refractivity contribution in [2.24, 2.45) is 5.41 Å². The highest BCUT2D eigenvalue weighted by atomic mass is 35.5. The molecule has 0 N–H and O–H groups in total. The number of rotatable bonds is 7. The van der Waals surface area contributed by atoms with Crippen LogP contribution in [0.1, 0.15) is 36.5 Å². The van der Waals surface area contributed by atoms with Crippen LogP contribution < -0.4 is 4.74 Å². The number of nitrogens with zero attached hydrogens (tertiary/aromatic N) is 2. The number of aromatic nitrogens is 1. The lowest BCUT2D eigenvalue weighted by atomic mass is 9.77. The van der Waals surface area contributed by atoms with E-state index < -0.39 is 5.41 Å². The molecular formula is C22H25ClN2O4. The molecule has 0 radical (unpaired) electrons. The molecule has 1 fully saturated rings. The lowest BCUT2D eigenvalue weighted by Crippen LogP contribution is -2.51. The first-order valence-corrected chi connectivity index (χ1v) is 10.2. The topological polar surface area (TPSA) is 68.7 Å². The number of carbonyl (C=O) groups excluding carboxylic acids is 2. The second-order valence-corrected chi connectivity index (χ2v) is 7.50. The maximum atomic E-state index is 13.0. The van der Waals surface area contributed by atoms with Gasteiger partial charge in [0, 0.05) is 24.8 Å². The quantitative estimate of drug-likeness (QED) is 0.504. The summed E-state index contributed by atoms with van der Waals surface area (Å²) in [5.41, 5.74) is -0.319. The molecule has 0 bridgehead atoms. The summed E-state index contributed by atoms with van der Waals surface area (Å²) in [5, 5.41) is 0.265. The van der Waals surface area contributed by atoms with Gasteiger partial charge in [0.05, 0.1) is 18.6 Å². The van der Waals surface area contributed by atoms with Crippen molar-refractivity contribution < 1.29 is 19.1 Å². The van der Waals surface area contributed by atoms with E-state index in [4.69, 9.17) is 21.1 Å². The maximum Gasteiger partial charge on any atom is 0.314 e. The maximum absolute atomic E-state index is 13.0. The molecule has 6 nitrogen and oxygen atoms in total. The van der Waals surface area contributed by atoms with Crippen LogP contribution in [0.4, 0.5) is 0 Å². The summed E-state index contributed by atoms with van der Waals surface area (Å²) in [6.07, 6.45) is 3.35. The van der Waals surface area contributed by atoms with E-state index in [0.29, 0.717) is 51.1 Å². The third-order valence-corrected chi connectivity index (χ3v) is 5.35. The molecule has 1 aromatic heterocycles. The predicted molar refractivity (Wildman–Crippen MR) is 110 cm³/mol. The van der Waals surface area contributed by atoms with Crippen LogP contribution in [0.25, 0.3) is 0 Å². The molecular weight excluding hydrogens is 392 g/mol. The SMILES string of the molecule is CCOC(=O)C1(CCOc2ccccc2)CCCN(C(=O)c2ccnc(Cl)c2)C1. The number of hydrogen-bond acceptors (Lipinski definition) is 5. The zero-order chi connectivity index (χ0) is 20.7. The second kappa shape index (κ2) is 9.74. The van der Waals surface area contributed by atoms with Gasteiger partial charge in [0.25, 0.3) is 5.91 Å². The highest BCUT2D eigenvalue weighted by molar-refractivity contribution is 6.29. The monoisotopic (exact) mass is 416 g/mol. The third-order valence-electron chi connectivity index (χ3n) is 5.14. The van der Waals surface area contributed by atoms with E-state index in [9.17, 15) is 9.59 Å². The van der Waals surface area contributed by atoms with Crippen LogP contribution in [0, 0.1) is 5.41 Å². The molecule has 1 atom stereocenters. The van der Waals surface area contributed by atoms with Gasteiger partial charge in [0.2, 0.25) is 0 Å². The lowest BCUT2D eigenvalue weighted by molar-refractivity contribution is -0.159. The molecule has 2 heterocycles. The Morgan fingerprint density at radius 1 is 1.24 bits per heavy atom. The van der Waals surface area contributed by atoms with Crippen molar-refractivity contribution in [3.05, 3.63) is 59.4 Å². The van der Waals surface area contributed by atoms with Gasteiger partial charge < -0.3 is 14.4 Å². The van der Waals surface area contributed by atoms with E-state index in [2.05, 4.69) is 4.98 Å². The van der Waals surface area contributed by atoms with E-state index in [1.165, 1.54) is 6.20 Å². The normalized spacial score (nSPS) is 18.9. The van der Waals surface area contributed by atoms with E-state index in [-0.39, 0.29) is 17.0 Å². The number of halogens is 1. The molecule has 1 saturated heterocycles. The first-order valence-electron chi connectivity index (χ1n) is 9.80. The first kappa shape index (κ1) is 21.1. The van der Waals surface area contributed by atoms with Gasteiger partial charge >= 0.3 is 5.97 Å². The number of piperidine rings is 1. The Hall–Kier alpha value is -2.60. The summed E-state index contributed by atoms with van der Waals surface area (Å²) in [4.78, 5) is 31.5. The molecule has 29 heavy (non-hydrogen) atoms. The summed E-state index contributed by atoms with van der Waals surface area (Å²) < 4.78 is 11.2. The fourth-order valence-corrected chi connectivity index (χ4v) is 3.83. The van der Waals surface area contributed by atoms with Crippen molar-refractivity contribution in [1.29, 1.82) is 0 Å². The van der Waals surface area contributed by atoms with E-state index in [1.807, 2.05) is 30.3 Å². The molecule has 0 aliphatic carbocycles. The average molecular weight is 417 g/mol. The van der Waals surface area contributed by atoms with Crippen molar-refractivity contribution in [3.63, 3.8) is 0 Å². The van der Waals surface area contributed by atoms with E-state index >= 15 is 0 Å². The fourth-order valence-electron chi connectivity index (χ4n) is 3.66. The molecule has 1 amide bonds. The minimum atomic E-state index is -0.782. The minimum Gasteiger partial charge on any atom is -0.494 e. The molecule has 154 valence electrons. The van der Waals surface area contributed by atoms with Crippen LogP contribution in [0.3, 0.4) is 0 Å². The van der Waals surface area contributed by atoms with Gasteiger partial charge in [0.15, 0.2) is 0 Å². The van der Waals surface area contributed by atoms with Crippen LogP contribution in [-0.2, 0) is 9.53 Å². The van der Waals surface area contributed by atoms with Crippen molar-refractivity contribution in [3.8, 4) is 5.75 Å². The summed E-state index contributed by atoms with van der Waals surface area (Å²) >= 11 is 5.93. The zero-order valence-electron chi connectivity index (χ0n) is 16.5. The first-order chi connectivity index (χ1) is 14.0. The van der Waals surface area contributed by atoms with Crippen LogP contribution >= 0.6 is 11.6 Å². The Kier molecular flexibility index (Phi) is 7.09. The number of para-hydroxylation sites is 1. The van der Waals surface area contributed by atoms with Crippen LogP contribution in [0.15, 0.2) is 48.7 Å². The van der Waals surface area contributed by atoms with Crippen molar-refractivity contribution in [2.75, 3.05) is 26.3 Å². The van der Waals surface area contributed by atoms with E-state index in [0.717, 1.165) is 5.75 Å². The number of amides is 1. The number of pyridine rings is 1. The standard InChI is InChI=1S/C22H25ClN2O4/c1-2-28-21(27)22(11-14-29-18-7-4-3-5-8-18)10-6-13-25(16-22)20(26)17-9-12-24-19(23)15-17/h3-5,7-9,12,15H,2,6,10-11,13-14,16H2,1H3. The number of benzene rings is 1. The molecule has 1 unspecified atom stereocenters. The Morgan fingerprint density at radius 2 is 2.03 bits per heavy atom. The number of hydrogen-bond donors (Lipinski definition) is 0. The lowest BCUT2D eigenvalue weighted by Gasteiger charge is -2.41. The van der Waals surface area contributed by atoms with Gasteiger partial charge in [-0.1, -0.05) is 29.8 Å². The highest BCUT2D eigenvalue weighted by Crippen LogP contribution is 2.36. The van der Waals surface area contributed by atoms with Crippen molar-refractivity contribution >= 4 is 23.5 Å². The van der Waals surface area contributed by atoms with E-state index in [1.54, 1.807) is 24.0 Å². The highest BCUT2D eigenvalue weighted by Gasteiger charge is 2.44. The average Bonchev–Trinajstić information content (AvgIpc) is 2.74. The summed E-state index contributed by atoms with van der Waals surface area (Å²) in [6, 6.07) is 12.6. The summed E-state index contributed by atoms with van der Waals surface area (Å²) in [5.74, 6) is 0.315. The van der Waals surface area contributed by atoms with Crippen molar-refractivity contribution in [2.45, 2.75) is 26.2 Å². The Balaban J connectivity index is 1.74. The summed E-state index contributed by atoms with van der Waals surface area (Å²) in [7, 11) is 0. The molecule has 0 saturated carbocycles. The van der Waals surface area contributed by atoms with Gasteiger partial charge in [-0.3, -0.25) is 9.59 Å². The van der Waals surface area contributed by atoms with Crippen LogP contribution in [0.2, 0.25) is 5.15 Å². The molecule has 0 spiro atoms. The Labute approximate surface area is 175 Å². The molecule has 1 aromatic carbocycles. The molecule has 7 heteroatoms. The molecule has 1 aliphatic heterocycles. The smallest absolute Gasteiger partial charge is 0.314 e. The van der Waals surface area contributed by atoms with Gasteiger partial charge in [0.1, 0.15) is 10.9 Å². The van der Waals surface area contributed by atoms with Gasteiger partial charge in [-0.15, -0.1) is 0 Å². The molecule has 3 rings (SSSR count). The van der Waals surface area contributed by atoms with Gasteiger partial charge in [-0.05, 0) is 50.5 Å².